The number of aryl methyl sites for hydroxylation is 1. The first-order chi connectivity index (χ1) is 13.8. The first-order valence-corrected chi connectivity index (χ1v) is 8.38. The Labute approximate surface area is 165 Å². The van der Waals surface area contributed by atoms with E-state index in [2.05, 4.69) is 0 Å². The minimum atomic E-state index is -0.781. The molecule has 9 nitrogen and oxygen atoms in total. The lowest BCUT2D eigenvalue weighted by atomic mass is 10.2. The number of hydrogen-bond acceptors (Lipinski definition) is 7. The van der Waals surface area contributed by atoms with Crippen molar-refractivity contribution in [3.05, 3.63) is 75.6 Å². The van der Waals surface area contributed by atoms with Gasteiger partial charge < -0.3 is 19.8 Å². The molecule has 146 valence electrons. The van der Waals surface area contributed by atoms with Gasteiger partial charge in [-0.25, -0.2) is 4.79 Å². The van der Waals surface area contributed by atoms with E-state index in [9.17, 15) is 20.2 Å². The van der Waals surface area contributed by atoms with Crippen molar-refractivity contribution < 1.29 is 19.2 Å². The number of aromatic nitrogens is 1. The number of nitrogen functional groups attached to an aromatic ring is 1. The fraction of sp³-hybridized carbons (Fsp3) is 0.100. The summed E-state index contributed by atoms with van der Waals surface area (Å²) in [6.07, 6.45) is 1.32. The first kappa shape index (κ1) is 19.4. The van der Waals surface area contributed by atoms with E-state index >= 15 is 0 Å². The van der Waals surface area contributed by atoms with Crippen LogP contribution in [0.3, 0.4) is 0 Å². The normalized spacial score (nSPS) is 10.2. The molecule has 1 aromatic heterocycles. The van der Waals surface area contributed by atoms with Gasteiger partial charge >= 0.3 is 5.97 Å². The first-order valence-electron chi connectivity index (χ1n) is 8.38. The van der Waals surface area contributed by atoms with Gasteiger partial charge in [0.2, 0.25) is 0 Å². The number of non-ortho nitro benzene ring substituents is 1. The number of hydrogen-bond donors (Lipinski definition) is 1. The summed E-state index contributed by atoms with van der Waals surface area (Å²) in [5, 5.41) is 20.7. The van der Waals surface area contributed by atoms with Gasteiger partial charge in [0.05, 0.1) is 35.0 Å². The van der Waals surface area contributed by atoms with Gasteiger partial charge in [-0.05, 0) is 18.6 Å². The van der Waals surface area contributed by atoms with Crippen LogP contribution < -0.4 is 10.5 Å². The van der Waals surface area contributed by atoms with Crippen molar-refractivity contribution in [1.29, 1.82) is 5.26 Å². The van der Waals surface area contributed by atoms with Gasteiger partial charge in [0.15, 0.2) is 5.69 Å². The second-order valence-electron chi connectivity index (χ2n) is 6.09. The van der Waals surface area contributed by atoms with E-state index in [1.807, 2.05) is 25.1 Å². The topological polar surface area (TPSA) is 133 Å². The molecule has 0 unspecified atom stereocenters. The third-order valence-corrected chi connectivity index (χ3v) is 4.23. The van der Waals surface area contributed by atoms with E-state index in [-0.39, 0.29) is 34.1 Å². The molecule has 0 atom stereocenters. The number of methoxy groups -OCH3 is 1. The second-order valence-corrected chi connectivity index (χ2v) is 6.09. The summed E-state index contributed by atoms with van der Waals surface area (Å²) in [5.74, 6) is -0.0705. The highest BCUT2D eigenvalue weighted by atomic mass is 16.6. The number of benzene rings is 2. The Kier molecular flexibility index (Phi) is 5.19. The Morgan fingerprint density at radius 1 is 1.28 bits per heavy atom. The fourth-order valence-electron chi connectivity index (χ4n) is 2.79. The molecule has 1 heterocycles. The second kappa shape index (κ2) is 7.74. The lowest BCUT2D eigenvalue weighted by Gasteiger charge is -2.12. The van der Waals surface area contributed by atoms with Gasteiger partial charge in [-0.3, -0.25) is 10.1 Å². The molecule has 0 radical (unpaired) electrons. The molecular weight excluding hydrogens is 376 g/mol. The molecule has 0 spiro atoms. The molecule has 0 saturated heterocycles. The van der Waals surface area contributed by atoms with Gasteiger partial charge in [0.25, 0.3) is 5.69 Å². The van der Waals surface area contributed by atoms with Crippen molar-refractivity contribution in [1.82, 2.24) is 4.57 Å². The highest BCUT2D eigenvalue weighted by molar-refractivity contribution is 5.96. The van der Waals surface area contributed by atoms with E-state index in [0.717, 1.165) is 5.56 Å². The molecule has 9 heteroatoms. The van der Waals surface area contributed by atoms with Crippen molar-refractivity contribution in [2.75, 3.05) is 12.8 Å². The monoisotopic (exact) mass is 392 g/mol. The number of esters is 1. The zero-order valence-corrected chi connectivity index (χ0v) is 15.6. The lowest BCUT2D eigenvalue weighted by molar-refractivity contribution is -0.384. The summed E-state index contributed by atoms with van der Waals surface area (Å²) in [4.78, 5) is 23.1. The van der Waals surface area contributed by atoms with Crippen molar-refractivity contribution in [2.45, 2.75) is 6.92 Å². The predicted molar refractivity (Wildman–Crippen MR) is 104 cm³/mol. The maximum Gasteiger partial charge on any atom is 0.357 e. The Morgan fingerprint density at radius 3 is 2.62 bits per heavy atom. The van der Waals surface area contributed by atoms with Crippen LogP contribution in [0.5, 0.6) is 11.5 Å². The standard InChI is InChI=1S/C20H16N4O5/c1-12-5-3-4-6-17(12)29-16-8-14(7-15(9-16)24(26)27)23-11-13(10-21)18(22)19(23)20(25)28-2/h3-9,11H,22H2,1-2H3. The van der Waals surface area contributed by atoms with Crippen LogP contribution in [0.4, 0.5) is 11.4 Å². The molecular formula is C20H16N4O5. The molecule has 0 saturated carbocycles. The zero-order chi connectivity index (χ0) is 21.1. The Morgan fingerprint density at radius 2 is 2.00 bits per heavy atom. The maximum absolute atomic E-state index is 12.2. The summed E-state index contributed by atoms with van der Waals surface area (Å²) >= 11 is 0. The SMILES string of the molecule is COC(=O)c1c(N)c(C#N)cn1-c1cc(Oc2ccccc2C)cc([N+](=O)[O-])c1. The summed E-state index contributed by atoms with van der Waals surface area (Å²) in [6, 6.07) is 13.1. The van der Waals surface area contributed by atoms with Crippen molar-refractivity contribution in [3.8, 4) is 23.3 Å². The van der Waals surface area contributed by atoms with Gasteiger partial charge in [0, 0.05) is 18.3 Å². The average molecular weight is 392 g/mol. The highest BCUT2D eigenvalue weighted by Crippen LogP contribution is 2.33. The van der Waals surface area contributed by atoms with Gasteiger partial charge in [-0.2, -0.15) is 5.26 Å². The number of nitro benzene ring substituents is 1. The molecule has 0 amide bonds. The van der Waals surface area contributed by atoms with Gasteiger partial charge in [0.1, 0.15) is 17.6 Å². The Bertz CT molecular complexity index is 1160. The van der Waals surface area contributed by atoms with Crippen LogP contribution in [-0.4, -0.2) is 22.6 Å². The number of nitro groups is 1. The molecule has 3 rings (SSSR count). The number of para-hydroxylation sites is 1. The minimum absolute atomic E-state index is 0.0401. The minimum Gasteiger partial charge on any atom is -0.464 e. The van der Waals surface area contributed by atoms with Crippen LogP contribution >= 0.6 is 0 Å². The number of ether oxygens (including phenoxy) is 2. The third-order valence-electron chi connectivity index (χ3n) is 4.23. The quantitative estimate of drug-likeness (QED) is 0.397. The highest BCUT2D eigenvalue weighted by Gasteiger charge is 2.23. The number of rotatable bonds is 5. The van der Waals surface area contributed by atoms with Gasteiger partial charge in [-0.15, -0.1) is 0 Å². The number of carbonyl (C=O) groups excluding carboxylic acids is 1. The molecule has 0 aliphatic carbocycles. The van der Waals surface area contributed by atoms with Crippen LogP contribution in [0, 0.1) is 28.4 Å². The summed E-state index contributed by atoms with van der Waals surface area (Å²) in [6.45, 7) is 1.84. The number of nitrogens with zero attached hydrogens (tertiary/aromatic N) is 3. The fourth-order valence-corrected chi connectivity index (χ4v) is 2.79. The van der Waals surface area contributed by atoms with Crippen molar-refractivity contribution in [3.63, 3.8) is 0 Å². The number of nitrogens with two attached hydrogens (primary N) is 1. The lowest BCUT2D eigenvalue weighted by Crippen LogP contribution is -2.11. The van der Waals surface area contributed by atoms with E-state index in [0.29, 0.717) is 5.75 Å². The van der Waals surface area contributed by atoms with Crippen LogP contribution in [0.15, 0.2) is 48.7 Å². The van der Waals surface area contributed by atoms with Crippen LogP contribution in [0.25, 0.3) is 5.69 Å². The number of nitriles is 1. The molecule has 0 aliphatic heterocycles. The van der Waals surface area contributed by atoms with E-state index in [1.165, 1.54) is 36.1 Å². The van der Waals surface area contributed by atoms with Crippen LogP contribution in [0.1, 0.15) is 21.6 Å². The van der Waals surface area contributed by atoms with E-state index in [4.69, 9.17) is 15.2 Å². The summed E-state index contributed by atoms with van der Waals surface area (Å²) in [5.41, 5.74) is 6.56. The van der Waals surface area contributed by atoms with Crippen LogP contribution in [-0.2, 0) is 4.74 Å². The molecule has 2 aromatic carbocycles. The summed E-state index contributed by atoms with van der Waals surface area (Å²) in [7, 11) is 1.17. The Hall–Kier alpha value is -4.32. The van der Waals surface area contributed by atoms with E-state index < -0.39 is 10.9 Å². The number of anilines is 1. The van der Waals surface area contributed by atoms with Crippen molar-refractivity contribution >= 4 is 17.3 Å². The smallest absolute Gasteiger partial charge is 0.357 e. The van der Waals surface area contributed by atoms with E-state index in [1.54, 1.807) is 12.1 Å². The number of carbonyl (C=O) groups is 1. The van der Waals surface area contributed by atoms with Crippen molar-refractivity contribution in [2.24, 2.45) is 0 Å². The Balaban J connectivity index is 2.19. The molecule has 3 aromatic rings. The largest absolute Gasteiger partial charge is 0.464 e. The molecule has 0 aliphatic rings. The average Bonchev–Trinajstić information content (AvgIpc) is 3.05. The molecule has 0 fully saturated rings. The zero-order valence-electron chi connectivity index (χ0n) is 15.6. The van der Waals surface area contributed by atoms with Crippen LogP contribution in [0.2, 0.25) is 0 Å². The predicted octanol–water partition coefficient (Wildman–Crippen LogP) is 3.73. The molecule has 0 bridgehead atoms. The maximum atomic E-state index is 12.2. The molecule has 2 N–H and O–H groups in total. The third kappa shape index (κ3) is 3.72. The summed E-state index contributed by atoms with van der Waals surface area (Å²) < 4.78 is 11.8. The molecule has 29 heavy (non-hydrogen) atoms. The van der Waals surface area contributed by atoms with Gasteiger partial charge in [-0.1, -0.05) is 18.2 Å².